The minimum Gasteiger partial charge on any atom is -0.299 e. The van der Waals surface area contributed by atoms with E-state index in [0.29, 0.717) is 5.78 Å². The molecule has 0 aromatic carbocycles. The van der Waals surface area contributed by atoms with Crippen LogP contribution in [0.4, 0.5) is 0 Å². The van der Waals surface area contributed by atoms with E-state index < -0.39 is 0 Å². The lowest BCUT2D eigenvalue weighted by molar-refractivity contribution is -0.124. The fourth-order valence-electron chi connectivity index (χ4n) is 8.74. The van der Waals surface area contributed by atoms with Gasteiger partial charge in [-0.15, -0.1) is 6.58 Å². The molecule has 0 radical (unpaired) electrons. The van der Waals surface area contributed by atoms with Crippen LogP contribution in [0.15, 0.2) is 24.3 Å². The molecule has 1 heteroatoms. The Kier molecular flexibility index (Phi) is 7.19. The summed E-state index contributed by atoms with van der Waals surface area (Å²) >= 11 is 0. The van der Waals surface area contributed by atoms with Crippen molar-refractivity contribution in [3.05, 3.63) is 24.3 Å². The number of carbonyl (C=O) groups is 1. The predicted molar refractivity (Wildman–Crippen MR) is 132 cm³/mol. The molecule has 1 nitrogen and oxygen atoms in total. The quantitative estimate of drug-likeness (QED) is 0.391. The Morgan fingerprint density at radius 1 is 1.06 bits per heavy atom. The van der Waals surface area contributed by atoms with Gasteiger partial charge < -0.3 is 0 Å². The number of hydrogen-bond acceptors (Lipinski definition) is 1. The van der Waals surface area contributed by atoms with Crippen molar-refractivity contribution in [2.24, 2.45) is 52.8 Å². The van der Waals surface area contributed by atoms with Gasteiger partial charge in [-0.05, 0) is 85.4 Å². The van der Waals surface area contributed by atoms with Gasteiger partial charge >= 0.3 is 0 Å². The molecule has 4 rings (SSSR count). The molecule has 4 aliphatic carbocycles. The Morgan fingerprint density at radius 3 is 2.58 bits per heavy atom. The third kappa shape index (κ3) is 4.37. The van der Waals surface area contributed by atoms with E-state index in [0.717, 1.165) is 54.3 Å². The first-order chi connectivity index (χ1) is 14.9. The molecule has 3 saturated carbocycles. The second-order valence-electron chi connectivity index (χ2n) is 12.4. The second-order valence-corrected chi connectivity index (χ2v) is 12.4. The maximum Gasteiger partial charge on any atom is 0.143 e. The van der Waals surface area contributed by atoms with Crippen LogP contribution < -0.4 is 0 Å². The van der Waals surface area contributed by atoms with Crippen molar-refractivity contribution in [2.45, 2.75) is 105 Å². The maximum absolute atomic E-state index is 12.6. The number of Topliss-reactive ketones (excluding diaryl/α,β-unsaturated/α-hetero) is 1. The summed E-state index contributed by atoms with van der Waals surface area (Å²) in [6.07, 6.45) is 20.4. The van der Waals surface area contributed by atoms with Crippen LogP contribution in [0.2, 0.25) is 0 Å². The molecule has 0 N–H and O–H groups in total. The second kappa shape index (κ2) is 9.56. The number of hydrogen-bond donors (Lipinski definition) is 0. The van der Waals surface area contributed by atoms with Crippen LogP contribution in [-0.4, -0.2) is 5.78 Å². The molecule has 4 aliphatic rings. The van der Waals surface area contributed by atoms with Crippen LogP contribution in [0.3, 0.4) is 0 Å². The van der Waals surface area contributed by atoms with Crippen molar-refractivity contribution >= 4 is 5.78 Å². The molecule has 0 bridgehead atoms. The Morgan fingerprint density at radius 2 is 1.84 bits per heavy atom. The summed E-state index contributed by atoms with van der Waals surface area (Å²) in [5.74, 6) is 6.64. The van der Waals surface area contributed by atoms with E-state index in [1.165, 1.54) is 69.8 Å². The first-order valence-electron chi connectivity index (χ1n) is 13.7. The van der Waals surface area contributed by atoms with Crippen LogP contribution in [0, 0.1) is 52.8 Å². The molecule has 0 aliphatic heterocycles. The lowest BCUT2D eigenvalue weighted by Crippen LogP contribution is -2.47. The highest BCUT2D eigenvalue weighted by Crippen LogP contribution is 2.61. The Bertz CT molecular complexity index is 687. The average molecular weight is 425 g/mol. The SMILES string of the molecule is C=CC1C(=O)CC[C@@]2(C)C1=CCC1C3CCC(C(C)CCCC(C)C)[C@@H]3CCCCC12. The summed E-state index contributed by atoms with van der Waals surface area (Å²) in [6.45, 7) is 13.9. The molecule has 31 heavy (non-hydrogen) atoms. The van der Waals surface area contributed by atoms with Crippen LogP contribution in [-0.2, 0) is 4.79 Å². The smallest absolute Gasteiger partial charge is 0.143 e. The van der Waals surface area contributed by atoms with Crippen molar-refractivity contribution < 1.29 is 4.79 Å². The molecule has 174 valence electrons. The number of fused-ring (bicyclic) bond motifs is 5. The first-order valence-corrected chi connectivity index (χ1v) is 13.7. The average Bonchev–Trinajstić information content (AvgIpc) is 3.12. The topological polar surface area (TPSA) is 17.1 Å². The predicted octanol–water partition coefficient (Wildman–Crippen LogP) is 8.40. The van der Waals surface area contributed by atoms with Crippen molar-refractivity contribution in [3.8, 4) is 0 Å². The Labute approximate surface area is 192 Å². The van der Waals surface area contributed by atoms with Gasteiger partial charge in [-0.3, -0.25) is 4.79 Å². The van der Waals surface area contributed by atoms with Crippen molar-refractivity contribution in [1.29, 1.82) is 0 Å². The maximum atomic E-state index is 12.6. The number of allylic oxidation sites excluding steroid dienone is 3. The van der Waals surface area contributed by atoms with Gasteiger partial charge in [0.05, 0.1) is 5.92 Å². The minimum atomic E-state index is -0.00163. The van der Waals surface area contributed by atoms with Crippen LogP contribution >= 0.6 is 0 Å². The molecule has 0 saturated heterocycles. The zero-order valence-corrected chi connectivity index (χ0v) is 20.9. The fraction of sp³-hybridized carbons (Fsp3) is 0.833. The van der Waals surface area contributed by atoms with E-state index in [-0.39, 0.29) is 11.3 Å². The standard InChI is InChI=1S/C30H48O/c1-6-22-28-17-16-26-25-15-14-23(21(4)11-9-10-20(2)3)24(25)12-7-8-13-27(26)30(28,5)19-18-29(22)31/h6,17,20-27H,1,7-16,18-19H2,2-5H3/t21?,22?,23?,24-,25?,26?,27?,30+/m0/s1. The van der Waals surface area contributed by atoms with E-state index in [2.05, 4.69) is 40.3 Å². The monoisotopic (exact) mass is 424 g/mol. The first kappa shape index (κ1) is 23.3. The molecule has 0 aromatic heterocycles. The molecular formula is C30H48O. The van der Waals surface area contributed by atoms with E-state index in [1.807, 2.05) is 6.08 Å². The molecule has 0 aromatic rings. The van der Waals surface area contributed by atoms with E-state index in [4.69, 9.17) is 0 Å². The van der Waals surface area contributed by atoms with Gasteiger partial charge in [-0.1, -0.05) is 77.5 Å². The zero-order chi connectivity index (χ0) is 22.2. The summed E-state index contributed by atoms with van der Waals surface area (Å²) in [6, 6.07) is 0. The number of carbonyl (C=O) groups excluding carboxylic acids is 1. The number of rotatable bonds is 6. The normalized spacial score (nSPS) is 41.5. The van der Waals surface area contributed by atoms with E-state index in [1.54, 1.807) is 0 Å². The third-order valence-electron chi connectivity index (χ3n) is 10.4. The summed E-state index contributed by atoms with van der Waals surface area (Å²) in [5.41, 5.74) is 1.69. The molecule has 0 amide bonds. The largest absolute Gasteiger partial charge is 0.299 e. The summed E-state index contributed by atoms with van der Waals surface area (Å²) in [5, 5.41) is 0. The summed E-state index contributed by atoms with van der Waals surface area (Å²) < 4.78 is 0. The molecule has 6 unspecified atom stereocenters. The summed E-state index contributed by atoms with van der Waals surface area (Å²) in [7, 11) is 0. The van der Waals surface area contributed by atoms with Gasteiger partial charge in [0.25, 0.3) is 0 Å². The molecule has 3 fully saturated rings. The fourth-order valence-corrected chi connectivity index (χ4v) is 8.74. The summed E-state index contributed by atoms with van der Waals surface area (Å²) in [4.78, 5) is 12.6. The van der Waals surface area contributed by atoms with Gasteiger partial charge in [-0.25, -0.2) is 0 Å². The van der Waals surface area contributed by atoms with Crippen LogP contribution in [0.1, 0.15) is 105 Å². The van der Waals surface area contributed by atoms with Gasteiger partial charge in [0.2, 0.25) is 0 Å². The lowest BCUT2D eigenvalue weighted by atomic mass is 9.50. The Hall–Kier alpha value is -0.850. The highest BCUT2D eigenvalue weighted by molar-refractivity contribution is 5.87. The Balaban J connectivity index is 1.54. The van der Waals surface area contributed by atoms with Gasteiger partial charge in [-0.2, -0.15) is 0 Å². The molecule has 0 spiro atoms. The molecule has 0 heterocycles. The lowest BCUT2D eigenvalue weighted by Gasteiger charge is -2.54. The third-order valence-corrected chi connectivity index (χ3v) is 10.4. The van der Waals surface area contributed by atoms with Crippen molar-refractivity contribution in [1.82, 2.24) is 0 Å². The van der Waals surface area contributed by atoms with E-state index in [9.17, 15) is 4.79 Å². The van der Waals surface area contributed by atoms with Gasteiger partial charge in [0.15, 0.2) is 0 Å². The van der Waals surface area contributed by atoms with Gasteiger partial charge in [0, 0.05) is 6.42 Å². The van der Waals surface area contributed by atoms with Gasteiger partial charge in [0.1, 0.15) is 5.78 Å². The molecular weight excluding hydrogens is 376 g/mol. The minimum absolute atomic E-state index is 0.00163. The highest BCUT2D eigenvalue weighted by Gasteiger charge is 2.53. The van der Waals surface area contributed by atoms with Crippen LogP contribution in [0.5, 0.6) is 0 Å². The zero-order valence-electron chi connectivity index (χ0n) is 20.9. The number of ketones is 1. The van der Waals surface area contributed by atoms with Crippen molar-refractivity contribution in [2.75, 3.05) is 0 Å². The van der Waals surface area contributed by atoms with E-state index >= 15 is 0 Å². The molecule has 8 atom stereocenters. The van der Waals surface area contributed by atoms with Crippen molar-refractivity contribution in [3.63, 3.8) is 0 Å². The van der Waals surface area contributed by atoms with Crippen LogP contribution in [0.25, 0.3) is 0 Å². The highest BCUT2D eigenvalue weighted by atomic mass is 16.1.